The zero-order chi connectivity index (χ0) is 23.0. The Hall–Kier alpha value is -2.78. The zero-order valence-electron chi connectivity index (χ0n) is 19.1. The summed E-state index contributed by atoms with van der Waals surface area (Å²) in [4.78, 5) is 21.7. The maximum absolute atomic E-state index is 12.9. The molecule has 2 N–H and O–H groups in total. The van der Waals surface area contributed by atoms with Crippen molar-refractivity contribution < 1.29 is 11.0 Å². The highest BCUT2D eigenvalue weighted by atomic mass is 32.1. The molecule has 9 heteroatoms. The first-order chi connectivity index (χ1) is 16.1. The van der Waals surface area contributed by atoms with Crippen molar-refractivity contribution in [3.8, 4) is 5.75 Å². The molecular weight excluding hydrogens is 436 g/mol. The largest absolute Gasteiger partial charge is 0.492 e. The Morgan fingerprint density at radius 2 is 2.33 bits per heavy atom. The Balaban J connectivity index is 0.00000274. The number of urea groups is 1. The van der Waals surface area contributed by atoms with Crippen molar-refractivity contribution in [3.05, 3.63) is 41.7 Å². The Labute approximate surface area is 199 Å². The number of hydrogen-bond acceptors (Lipinski definition) is 7. The maximum Gasteiger partial charge on any atom is 0.328 e. The summed E-state index contributed by atoms with van der Waals surface area (Å²) in [6.45, 7) is 4.14. The highest BCUT2D eigenvalue weighted by Gasteiger charge is 2.55. The van der Waals surface area contributed by atoms with Crippen LogP contribution in [0.5, 0.6) is 5.75 Å². The fraction of sp³-hybridized carbons (Fsp3) is 0.500. The van der Waals surface area contributed by atoms with Crippen LogP contribution in [0, 0.1) is 11.3 Å². The molecule has 0 radical (unpaired) electrons. The van der Waals surface area contributed by atoms with Crippen molar-refractivity contribution in [2.24, 2.45) is 5.92 Å². The quantitative estimate of drug-likeness (QED) is 0.433. The average molecular weight is 469 g/mol. The second kappa shape index (κ2) is 8.87. The van der Waals surface area contributed by atoms with Crippen LogP contribution < -0.4 is 15.0 Å². The van der Waals surface area contributed by atoms with Crippen molar-refractivity contribution in [2.45, 2.75) is 50.6 Å². The van der Waals surface area contributed by atoms with Gasteiger partial charge in [0.05, 0.1) is 17.6 Å². The van der Waals surface area contributed by atoms with Crippen molar-refractivity contribution in [2.75, 3.05) is 30.4 Å². The first-order valence-electron chi connectivity index (χ1n) is 11.6. The van der Waals surface area contributed by atoms with Crippen LogP contribution >= 0.6 is 11.5 Å². The molecular formula is C24H32N6O2S. The summed E-state index contributed by atoms with van der Waals surface area (Å²) in [6.07, 6.45) is 9.64. The number of carbonyl (C=O) groups excluding carboxylic acids is 1. The first-order valence-corrected chi connectivity index (χ1v) is 12.3. The van der Waals surface area contributed by atoms with E-state index in [-0.39, 0.29) is 12.9 Å². The van der Waals surface area contributed by atoms with Crippen molar-refractivity contribution >= 4 is 34.6 Å². The van der Waals surface area contributed by atoms with Crippen LogP contribution in [0.1, 0.15) is 45.4 Å². The number of hydrogen-bond donors (Lipinski definition) is 2. The number of likely N-dealkylation sites (N-methyl/N-ethyl adjacent to an activating group) is 1. The van der Waals surface area contributed by atoms with E-state index in [0.29, 0.717) is 36.7 Å². The van der Waals surface area contributed by atoms with Gasteiger partial charge in [0.1, 0.15) is 12.4 Å². The van der Waals surface area contributed by atoms with Crippen LogP contribution in [0.2, 0.25) is 0 Å². The molecule has 3 heterocycles. The number of ether oxygens (including phenoxy) is 1. The molecule has 0 spiro atoms. The van der Waals surface area contributed by atoms with Gasteiger partial charge >= 0.3 is 6.03 Å². The molecule has 0 bridgehead atoms. The molecule has 2 amide bonds. The van der Waals surface area contributed by atoms with Crippen molar-refractivity contribution in [1.82, 2.24) is 14.3 Å². The molecule has 2 aromatic rings. The van der Waals surface area contributed by atoms with E-state index in [0.717, 1.165) is 42.2 Å². The van der Waals surface area contributed by atoms with E-state index in [1.165, 1.54) is 24.2 Å². The molecule has 176 valence electrons. The van der Waals surface area contributed by atoms with Gasteiger partial charge in [0, 0.05) is 24.6 Å². The Bertz CT molecular complexity index is 1090. The monoisotopic (exact) mass is 468 g/mol. The normalized spacial score (nSPS) is 27.0. The van der Waals surface area contributed by atoms with Crippen LogP contribution in [0.25, 0.3) is 0 Å². The minimum Gasteiger partial charge on any atom is -0.492 e. The molecule has 5 rings (SSSR count). The summed E-state index contributed by atoms with van der Waals surface area (Å²) in [5.41, 5.74) is 1.54. The number of nitrogens with zero attached hydrogens (tertiary/aromatic N) is 4. The number of anilines is 2. The molecule has 1 aromatic heterocycles. The summed E-state index contributed by atoms with van der Waals surface area (Å²) >= 11 is 1.25. The van der Waals surface area contributed by atoms with Gasteiger partial charge in [-0.15, -0.1) is 0 Å². The van der Waals surface area contributed by atoms with Crippen LogP contribution in [0.4, 0.5) is 15.6 Å². The summed E-state index contributed by atoms with van der Waals surface area (Å²) < 4.78 is 10.9. The molecule has 1 aliphatic carbocycles. The molecule has 8 nitrogen and oxygen atoms in total. The van der Waals surface area contributed by atoms with E-state index in [1.54, 1.807) is 4.90 Å². The number of allylic oxidation sites excluding steroid dienone is 2. The summed E-state index contributed by atoms with van der Waals surface area (Å²) in [5, 5.41) is 11.0. The Kier molecular flexibility index (Phi) is 5.92. The topological polar surface area (TPSA) is 94.4 Å². The van der Waals surface area contributed by atoms with E-state index in [2.05, 4.69) is 27.7 Å². The van der Waals surface area contributed by atoms with E-state index in [4.69, 9.17) is 15.1 Å². The van der Waals surface area contributed by atoms with Gasteiger partial charge in [-0.3, -0.25) is 4.90 Å². The van der Waals surface area contributed by atoms with E-state index in [1.807, 2.05) is 31.2 Å². The van der Waals surface area contributed by atoms with Gasteiger partial charge in [0.25, 0.3) is 0 Å². The molecule has 33 heavy (non-hydrogen) atoms. The van der Waals surface area contributed by atoms with Gasteiger partial charge in [-0.25, -0.2) is 9.78 Å². The molecule has 1 saturated carbocycles. The average Bonchev–Trinajstić information content (AvgIpc) is 3.13. The third kappa shape index (κ3) is 4.04. The minimum atomic E-state index is -0.215. The Morgan fingerprint density at radius 3 is 3.09 bits per heavy atom. The predicted molar refractivity (Wildman–Crippen MR) is 133 cm³/mol. The molecule has 3 aliphatic rings. The number of nitrogens with one attached hydrogen (secondary N) is 2. The molecule has 2 fully saturated rings. The molecule has 1 saturated heterocycles. The first kappa shape index (κ1) is 22.0. The summed E-state index contributed by atoms with van der Waals surface area (Å²) in [7, 11) is 2.14. The summed E-state index contributed by atoms with van der Waals surface area (Å²) in [6, 6.07) is 6.03. The van der Waals surface area contributed by atoms with Gasteiger partial charge < -0.3 is 20.4 Å². The fourth-order valence-corrected chi connectivity index (χ4v) is 5.82. The standard InChI is InChI=1S/C24H30N6O2S.H2/c1-3-10-24(13-16(24)9-11-25)21-27-23(33-28-21)30-14-18-19(26-22(30)31)7-4-8-20(18)32-15-17-6-5-12-29(17)2;/h3-4,7-8,10-11,16-17,25H,5-6,9,12-15H2,1-2H3,(H,26,31);1H/b10-3-,25-11?;. The van der Waals surface area contributed by atoms with Gasteiger partial charge in [0.15, 0.2) is 5.82 Å². The van der Waals surface area contributed by atoms with Crippen molar-refractivity contribution in [3.63, 3.8) is 0 Å². The fourth-order valence-electron chi connectivity index (χ4n) is 5.07. The number of amides is 2. The molecule has 2 aliphatic heterocycles. The van der Waals surface area contributed by atoms with Crippen LogP contribution in [-0.2, 0) is 12.0 Å². The zero-order valence-corrected chi connectivity index (χ0v) is 19.9. The van der Waals surface area contributed by atoms with Crippen LogP contribution in [-0.4, -0.2) is 52.7 Å². The lowest BCUT2D eigenvalue weighted by Gasteiger charge is -2.29. The predicted octanol–water partition coefficient (Wildman–Crippen LogP) is 4.68. The SMILES string of the molecule is C/C=C\C1(c2nsc(N3Cc4c(cccc4OCC4CCCN4C)NC3=O)n2)CC1CC=N.[HH]. The molecule has 3 unspecified atom stereocenters. The number of fused-ring (bicyclic) bond motifs is 1. The van der Waals surface area contributed by atoms with E-state index < -0.39 is 0 Å². The Morgan fingerprint density at radius 1 is 1.45 bits per heavy atom. The second-order valence-electron chi connectivity index (χ2n) is 9.17. The van der Waals surface area contributed by atoms with Gasteiger partial charge in [-0.1, -0.05) is 18.2 Å². The smallest absolute Gasteiger partial charge is 0.328 e. The van der Waals surface area contributed by atoms with Gasteiger partial charge in [-0.05, 0) is 70.5 Å². The third-order valence-electron chi connectivity index (χ3n) is 7.12. The number of carbonyl (C=O) groups is 1. The van der Waals surface area contributed by atoms with Crippen LogP contribution in [0.3, 0.4) is 0 Å². The second-order valence-corrected chi connectivity index (χ2v) is 9.90. The third-order valence-corrected chi connectivity index (χ3v) is 7.86. The minimum absolute atomic E-state index is 0. The highest BCUT2D eigenvalue weighted by Crippen LogP contribution is 2.56. The number of likely N-dealkylation sites (tertiary alicyclic amines) is 1. The lowest BCUT2D eigenvalue weighted by atomic mass is 10.0. The van der Waals surface area contributed by atoms with Gasteiger partial charge in [0.2, 0.25) is 5.13 Å². The lowest BCUT2D eigenvalue weighted by molar-refractivity contribution is 0.197. The maximum atomic E-state index is 12.9. The van der Waals surface area contributed by atoms with E-state index in [9.17, 15) is 4.79 Å². The number of rotatable bonds is 8. The van der Waals surface area contributed by atoms with Crippen LogP contribution in [0.15, 0.2) is 30.4 Å². The van der Waals surface area contributed by atoms with E-state index >= 15 is 0 Å². The number of aromatic nitrogens is 2. The van der Waals surface area contributed by atoms with Crippen molar-refractivity contribution in [1.29, 1.82) is 5.41 Å². The lowest BCUT2D eigenvalue weighted by Crippen LogP contribution is -2.39. The highest BCUT2D eigenvalue weighted by molar-refractivity contribution is 7.10. The molecule has 1 aromatic carbocycles. The number of benzene rings is 1. The van der Waals surface area contributed by atoms with Gasteiger partial charge in [-0.2, -0.15) is 4.37 Å². The summed E-state index contributed by atoms with van der Waals surface area (Å²) in [5.74, 6) is 1.90. The molecule has 3 atom stereocenters.